The lowest BCUT2D eigenvalue weighted by Gasteiger charge is -2.59. The molecule has 7 atom stereocenters. The number of carbonyl (C=O) groups excluding carboxylic acids is 2. The van der Waals surface area contributed by atoms with Gasteiger partial charge in [-0.3, -0.25) is 9.59 Å². The molecule has 198 valence electrons. The van der Waals surface area contributed by atoms with Gasteiger partial charge in [0.25, 0.3) is 0 Å². The minimum Gasteiger partial charge on any atom is -0.462 e. The Labute approximate surface area is 213 Å². The Morgan fingerprint density at radius 2 is 1.69 bits per heavy atom. The van der Waals surface area contributed by atoms with Gasteiger partial charge < -0.3 is 13.9 Å². The van der Waals surface area contributed by atoms with E-state index in [0.29, 0.717) is 17.8 Å². The number of carbonyl (C=O) groups is 2. The molecule has 0 spiro atoms. The van der Waals surface area contributed by atoms with Crippen LogP contribution >= 0.6 is 0 Å². The summed E-state index contributed by atoms with van der Waals surface area (Å²) in [5.41, 5.74) is 1.60. The Bertz CT molecular complexity index is 873. The van der Waals surface area contributed by atoms with Crippen molar-refractivity contribution in [2.75, 3.05) is 6.61 Å². The highest BCUT2D eigenvalue weighted by atomic mass is 28.4. The summed E-state index contributed by atoms with van der Waals surface area (Å²) >= 11 is 0. The van der Waals surface area contributed by atoms with Gasteiger partial charge in [0.05, 0.1) is 0 Å². The number of hydrogen-bond donors (Lipinski definition) is 0. The number of ether oxygens (including phenoxy) is 2. The molecule has 6 heteroatoms. The number of esters is 2. The van der Waals surface area contributed by atoms with Gasteiger partial charge >= 0.3 is 11.9 Å². The molecule has 0 amide bonds. The van der Waals surface area contributed by atoms with Crippen LogP contribution in [-0.2, 0) is 23.5 Å². The number of rotatable bonds is 5. The summed E-state index contributed by atoms with van der Waals surface area (Å²) in [5, 5.41) is 0.171. The third kappa shape index (κ3) is 4.79. The van der Waals surface area contributed by atoms with Gasteiger partial charge in [0.15, 0.2) is 8.32 Å². The van der Waals surface area contributed by atoms with Gasteiger partial charge in [-0.1, -0.05) is 39.3 Å². The van der Waals surface area contributed by atoms with E-state index in [1.165, 1.54) is 12.5 Å². The van der Waals surface area contributed by atoms with Gasteiger partial charge in [-0.2, -0.15) is 0 Å². The molecule has 0 saturated heterocycles. The predicted octanol–water partition coefficient (Wildman–Crippen LogP) is 6.81. The molecule has 0 heterocycles. The second kappa shape index (κ2) is 9.31. The Balaban J connectivity index is 1.64. The maximum absolute atomic E-state index is 11.8. The van der Waals surface area contributed by atoms with Crippen molar-refractivity contribution in [1.82, 2.24) is 0 Å². The average Bonchev–Trinajstić information content (AvgIpc) is 3.07. The van der Waals surface area contributed by atoms with E-state index in [1.807, 2.05) is 0 Å². The first-order chi connectivity index (χ1) is 16.2. The van der Waals surface area contributed by atoms with E-state index in [2.05, 4.69) is 46.9 Å². The average molecular weight is 505 g/mol. The van der Waals surface area contributed by atoms with Crippen molar-refractivity contribution in [2.45, 2.75) is 123 Å². The molecular weight excluding hydrogens is 456 g/mol. The molecule has 35 heavy (non-hydrogen) atoms. The molecular formula is C29H48O5Si. The molecule has 4 rings (SSSR count). The fourth-order valence-corrected chi connectivity index (χ4v) is 8.95. The van der Waals surface area contributed by atoms with E-state index >= 15 is 0 Å². The van der Waals surface area contributed by atoms with Crippen LogP contribution in [-0.4, -0.2) is 39.1 Å². The summed E-state index contributed by atoms with van der Waals surface area (Å²) in [6.45, 7) is 17.9. The molecule has 0 bridgehead atoms. The van der Waals surface area contributed by atoms with Crippen LogP contribution in [0, 0.1) is 28.6 Å². The zero-order chi connectivity index (χ0) is 25.8. The summed E-state index contributed by atoms with van der Waals surface area (Å²) in [6, 6.07) is 0. The van der Waals surface area contributed by atoms with Crippen molar-refractivity contribution >= 4 is 20.3 Å². The number of hydrogen-bond acceptors (Lipinski definition) is 5. The van der Waals surface area contributed by atoms with Crippen molar-refractivity contribution in [3.8, 4) is 0 Å². The van der Waals surface area contributed by atoms with Crippen LogP contribution in [0.5, 0.6) is 0 Å². The van der Waals surface area contributed by atoms with Crippen molar-refractivity contribution < 1.29 is 23.5 Å². The van der Waals surface area contributed by atoms with E-state index < -0.39 is 8.32 Å². The monoisotopic (exact) mass is 504 g/mol. The molecule has 4 aliphatic rings. The quantitative estimate of drug-likeness (QED) is 0.234. The standard InChI is InChI=1S/C29H48O5Si/c1-19(30)33-22-13-16-29(18-32-35(7,8)27(3,4)5)21(17-22)9-10-23-24-11-12-26(34-20(2)31)28(24,6)15-14-25(23)29/h9,22-26H,10-18H2,1-8H3/t22-,23-,24-,25-,26-,28-,29+/m0/s1. The first-order valence-corrected chi connectivity index (χ1v) is 16.8. The Hall–Kier alpha value is -1.14. The highest BCUT2D eigenvalue weighted by Crippen LogP contribution is 2.65. The molecule has 0 aliphatic heterocycles. The zero-order valence-electron chi connectivity index (χ0n) is 23.4. The molecule has 0 aromatic heterocycles. The van der Waals surface area contributed by atoms with Crippen LogP contribution in [0.15, 0.2) is 11.6 Å². The lowest BCUT2D eigenvalue weighted by molar-refractivity contribution is -0.157. The first-order valence-electron chi connectivity index (χ1n) is 13.9. The predicted molar refractivity (Wildman–Crippen MR) is 140 cm³/mol. The molecule has 3 fully saturated rings. The second-order valence-electron chi connectivity index (χ2n) is 13.7. The SMILES string of the molecule is CC(=O)O[C@H]1CC[C@@]2(CO[Si](C)(C)C(C)(C)C)C(=CC[C@@H]3[C@@H]2CC[C@]2(C)[C@@H](OC(C)=O)CC[C@@H]32)C1. The van der Waals surface area contributed by atoms with Crippen molar-refractivity contribution in [2.24, 2.45) is 28.6 Å². The van der Waals surface area contributed by atoms with Gasteiger partial charge in [-0.05, 0) is 80.8 Å². The van der Waals surface area contributed by atoms with Crippen LogP contribution in [0.3, 0.4) is 0 Å². The molecule has 0 aromatic carbocycles. The fourth-order valence-electron chi connectivity index (χ4n) is 7.90. The molecule has 4 aliphatic carbocycles. The minimum atomic E-state index is -1.91. The number of allylic oxidation sites excluding steroid dienone is 1. The van der Waals surface area contributed by atoms with Crippen LogP contribution < -0.4 is 0 Å². The lowest BCUT2D eigenvalue weighted by Crippen LogP contribution is -2.55. The van der Waals surface area contributed by atoms with Gasteiger partial charge in [0, 0.05) is 37.7 Å². The van der Waals surface area contributed by atoms with E-state index in [4.69, 9.17) is 13.9 Å². The summed E-state index contributed by atoms with van der Waals surface area (Å²) < 4.78 is 18.5. The topological polar surface area (TPSA) is 61.8 Å². The fraction of sp³-hybridized carbons (Fsp3) is 0.862. The maximum Gasteiger partial charge on any atom is 0.302 e. The third-order valence-electron chi connectivity index (χ3n) is 10.8. The normalized spacial score (nSPS) is 39.1. The van der Waals surface area contributed by atoms with Crippen molar-refractivity contribution in [3.63, 3.8) is 0 Å². The Morgan fingerprint density at radius 1 is 1.00 bits per heavy atom. The van der Waals surface area contributed by atoms with Crippen LogP contribution in [0.1, 0.15) is 92.9 Å². The van der Waals surface area contributed by atoms with Gasteiger partial charge in [0.2, 0.25) is 0 Å². The van der Waals surface area contributed by atoms with Crippen LogP contribution in [0.25, 0.3) is 0 Å². The summed E-state index contributed by atoms with van der Waals surface area (Å²) in [7, 11) is -1.91. The van der Waals surface area contributed by atoms with Crippen molar-refractivity contribution in [3.05, 3.63) is 11.6 Å². The lowest BCUT2D eigenvalue weighted by atomic mass is 9.47. The summed E-state index contributed by atoms with van der Waals surface area (Å²) in [4.78, 5) is 23.5. The number of fused-ring (bicyclic) bond motifs is 5. The van der Waals surface area contributed by atoms with E-state index in [9.17, 15) is 9.59 Å². The van der Waals surface area contributed by atoms with Gasteiger partial charge in [-0.15, -0.1) is 0 Å². The Kier molecular flexibility index (Phi) is 7.15. The maximum atomic E-state index is 11.8. The molecule has 3 saturated carbocycles. The highest BCUT2D eigenvalue weighted by molar-refractivity contribution is 6.74. The second-order valence-corrected chi connectivity index (χ2v) is 18.6. The highest BCUT2D eigenvalue weighted by Gasteiger charge is 2.61. The molecule has 0 unspecified atom stereocenters. The van der Waals surface area contributed by atoms with Gasteiger partial charge in [-0.25, -0.2) is 0 Å². The minimum absolute atomic E-state index is 0.00928. The smallest absolute Gasteiger partial charge is 0.302 e. The van der Waals surface area contributed by atoms with Crippen LogP contribution in [0.4, 0.5) is 0 Å². The largest absolute Gasteiger partial charge is 0.462 e. The van der Waals surface area contributed by atoms with E-state index in [0.717, 1.165) is 58.0 Å². The van der Waals surface area contributed by atoms with Gasteiger partial charge in [0.1, 0.15) is 12.2 Å². The van der Waals surface area contributed by atoms with E-state index in [-0.39, 0.29) is 40.0 Å². The first kappa shape index (κ1) is 26.9. The summed E-state index contributed by atoms with van der Waals surface area (Å²) in [6.07, 6.45) is 10.8. The molecule has 0 radical (unpaired) electrons. The Morgan fingerprint density at radius 3 is 2.31 bits per heavy atom. The van der Waals surface area contributed by atoms with Crippen molar-refractivity contribution in [1.29, 1.82) is 0 Å². The molecule has 0 aromatic rings. The third-order valence-corrected chi connectivity index (χ3v) is 15.3. The van der Waals surface area contributed by atoms with E-state index in [1.54, 1.807) is 6.92 Å². The summed E-state index contributed by atoms with van der Waals surface area (Å²) in [5.74, 6) is 1.45. The zero-order valence-corrected chi connectivity index (χ0v) is 24.4. The van der Waals surface area contributed by atoms with Crippen LogP contribution in [0.2, 0.25) is 18.1 Å². The molecule has 0 N–H and O–H groups in total. The molecule has 5 nitrogen and oxygen atoms in total.